The fourth-order valence-electron chi connectivity index (χ4n) is 0.377. The van der Waals surface area contributed by atoms with Crippen molar-refractivity contribution in [3.05, 3.63) is 16.1 Å². The van der Waals surface area contributed by atoms with Gasteiger partial charge in [-0.2, -0.15) is 10.5 Å². The van der Waals surface area contributed by atoms with E-state index in [0.29, 0.717) is 9.88 Å². The van der Waals surface area contributed by atoms with Gasteiger partial charge in [-0.15, -0.1) is 0 Å². The van der Waals surface area contributed by atoms with Gasteiger partial charge in [-0.3, -0.25) is 0 Å². The third-order valence-electron chi connectivity index (χ3n) is 0.712. The Morgan fingerprint density at radius 3 is 2.56 bits per heavy atom. The Kier molecular flexibility index (Phi) is 1.44. The monoisotopic (exact) mass is 135 g/mol. The Hall–Kier alpha value is -1.39. The van der Waals surface area contributed by atoms with Crippen molar-refractivity contribution in [2.24, 2.45) is 0 Å². The third kappa shape index (κ3) is 1.04. The van der Waals surface area contributed by atoms with Crippen LogP contribution in [0, 0.1) is 22.7 Å². The van der Waals surface area contributed by atoms with Gasteiger partial charge in [0.05, 0.1) is 6.20 Å². The maximum absolute atomic E-state index is 8.26. The van der Waals surface area contributed by atoms with Gasteiger partial charge in [0.15, 0.2) is 5.01 Å². The van der Waals surface area contributed by atoms with Crippen LogP contribution in [-0.4, -0.2) is 4.98 Å². The molecule has 0 fully saturated rings. The molecule has 3 nitrogen and oxygen atoms in total. The quantitative estimate of drug-likeness (QED) is 0.530. The first kappa shape index (κ1) is 5.74. The molecule has 0 aliphatic carbocycles. The predicted octanol–water partition coefficient (Wildman–Crippen LogP) is 0.886. The highest BCUT2D eigenvalue weighted by atomic mass is 32.1. The van der Waals surface area contributed by atoms with Gasteiger partial charge in [-0.25, -0.2) is 4.98 Å². The van der Waals surface area contributed by atoms with E-state index in [1.807, 2.05) is 12.1 Å². The minimum atomic E-state index is 0.339. The van der Waals surface area contributed by atoms with E-state index in [1.165, 1.54) is 6.20 Å². The van der Waals surface area contributed by atoms with Crippen LogP contribution in [0.15, 0.2) is 6.20 Å². The Morgan fingerprint density at radius 2 is 2.22 bits per heavy atom. The van der Waals surface area contributed by atoms with Gasteiger partial charge in [0.25, 0.3) is 0 Å². The minimum absolute atomic E-state index is 0.339. The van der Waals surface area contributed by atoms with Crippen LogP contribution >= 0.6 is 11.3 Å². The maximum atomic E-state index is 8.26. The molecule has 4 heteroatoms. The Morgan fingerprint density at radius 1 is 1.44 bits per heavy atom. The number of aromatic nitrogens is 1. The second-order valence-corrected chi connectivity index (χ2v) is 2.28. The topological polar surface area (TPSA) is 60.5 Å². The molecule has 9 heavy (non-hydrogen) atoms. The number of hydrogen-bond acceptors (Lipinski definition) is 4. The van der Waals surface area contributed by atoms with E-state index in [0.717, 1.165) is 11.3 Å². The fourth-order valence-corrected chi connectivity index (χ4v) is 0.888. The second-order valence-electron chi connectivity index (χ2n) is 1.25. The third-order valence-corrected chi connectivity index (χ3v) is 1.52. The van der Waals surface area contributed by atoms with Gasteiger partial charge in [0.1, 0.15) is 17.0 Å². The Balaban J connectivity index is 3.08. The van der Waals surface area contributed by atoms with Gasteiger partial charge in [-0.05, 0) is 0 Å². The zero-order valence-corrected chi connectivity index (χ0v) is 5.14. The molecule has 42 valence electrons. The van der Waals surface area contributed by atoms with E-state index in [-0.39, 0.29) is 0 Å². The van der Waals surface area contributed by atoms with Gasteiger partial charge in [-0.1, -0.05) is 11.3 Å². The summed E-state index contributed by atoms with van der Waals surface area (Å²) in [7, 11) is 0. The molecular formula is C5HN3S. The molecule has 0 radical (unpaired) electrons. The summed E-state index contributed by atoms with van der Waals surface area (Å²) < 4.78 is 0. The summed E-state index contributed by atoms with van der Waals surface area (Å²) in [5, 5.41) is 16.8. The van der Waals surface area contributed by atoms with E-state index >= 15 is 0 Å². The van der Waals surface area contributed by atoms with Gasteiger partial charge in [0.2, 0.25) is 0 Å². The van der Waals surface area contributed by atoms with Crippen LogP contribution in [0.4, 0.5) is 0 Å². The van der Waals surface area contributed by atoms with Crippen LogP contribution in [0.2, 0.25) is 0 Å². The van der Waals surface area contributed by atoms with E-state index in [2.05, 4.69) is 4.98 Å². The van der Waals surface area contributed by atoms with Crippen LogP contribution in [0.5, 0.6) is 0 Å². The van der Waals surface area contributed by atoms with E-state index in [9.17, 15) is 0 Å². The zero-order valence-electron chi connectivity index (χ0n) is 4.33. The normalized spacial score (nSPS) is 7.78. The summed E-state index contributed by atoms with van der Waals surface area (Å²) in [6.45, 7) is 0. The van der Waals surface area contributed by atoms with Gasteiger partial charge in [0, 0.05) is 0 Å². The SMILES string of the molecule is N#Cc1cnc(C#N)s1. The van der Waals surface area contributed by atoms with Crippen LogP contribution in [0.3, 0.4) is 0 Å². The zero-order chi connectivity index (χ0) is 6.69. The number of nitriles is 2. The first-order valence-electron chi connectivity index (χ1n) is 2.13. The second kappa shape index (κ2) is 2.25. The molecule has 0 spiro atoms. The number of nitrogens with zero attached hydrogens (tertiary/aromatic N) is 3. The van der Waals surface area contributed by atoms with Gasteiger partial charge < -0.3 is 0 Å². The summed E-state index contributed by atoms with van der Waals surface area (Å²) in [6.07, 6.45) is 1.39. The molecule has 0 aromatic carbocycles. The fraction of sp³-hybridized carbons (Fsp3) is 0. The number of rotatable bonds is 0. The highest BCUT2D eigenvalue weighted by Crippen LogP contribution is 2.08. The molecular weight excluding hydrogens is 134 g/mol. The molecule has 1 rings (SSSR count). The van der Waals surface area contributed by atoms with Crippen LogP contribution < -0.4 is 0 Å². The Bertz CT molecular complexity index is 259. The molecule has 0 atom stereocenters. The molecule has 0 saturated heterocycles. The van der Waals surface area contributed by atoms with Crippen molar-refractivity contribution in [1.82, 2.24) is 4.98 Å². The first-order chi connectivity index (χ1) is 4.36. The molecule has 0 aliphatic heterocycles. The lowest BCUT2D eigenvalue weighted by molar-refractivity contribution is 1.34. The first-order valence-corrected chi connectivity index (χ1v) is 2.94. The molecule has 0 N–H and O–H groups in total. The van der Waals surface area contributed by atoms with Crippen molar-refractivity contribution in [2.45, 2.75) is 0 Å². The standard InChI is InChI=1S/C5HN3S/c6-1-4-3-8-5(2-7)9-4/h3H. The van der Waals surface area contributed by atoms with Crippen molar-refractivity contribution in [1.29, 1.82) is 10.5 Å². The average molecular weight is 135 g/mol. The summed E-state index contributed by atoms with van der Waals surface area (Å²) in [5.41, 5.74) is 0. The molecule has 0 saturated carbocycles. The average Bonchev–Trinajstić information content (AvgIpc) is 2.34. The van der Waals surface area contributed by atoms with Crippen LogP contribution in [0.25, 0.3) is 0 Å². The summed E-state index contributed by atoms with van der Waals surface area (Å²) in [5.74, 6) is 0. The van der Waals surface area contributed by atoms with Crippen molar-refractivity contribution in [2.75, 3.05) is 0 Å². The van der Waals surface area contributed by atoms with E-state index in [1.54, 1.807) is 0 Å². The lowest BCUT2D eigenvalue weighted by atomic mass is 10.6. The minimum Gasteiger partial charge on any atom is -0.233 e. The molecule has 0 unspecified atom stereocenters. The number of thiazole rings is 1. The summed E-state index contributed by atoms with van der Waals surface area (Å²) >= 11 is 1.10. The van der Waals surface area contributed by atoms with E-state index < -0.39 is 0 Å². The van der Waals surface area contributed by atoms with Crippen molar-refractivity contribution in [3.63, 3.8) is 0 Å². The molecule has 0 aliphatic rings. The van der Waals surface area contributed by atoms with Crippen molar-refractivity contribution < 1.29 is 0 Å². The maximum Gasteiger partial charge on any atom is 0.195 e. The molecule has 0 amide bonds. The van der Waals surface area contributed by atoms with E-state index in [4.69, 9.17) is 10.5 Å². The molecule has 1 aromatic rings. The largest absolute Gasteiger partial charge is 0.233 e. The summed E-state index contributed by atoms with van der Waals surface area (Å²) in [4.78, 5) is 4.12. The molecule has 1 aromatic heterocycles. The molecule has 0 bridgehead atoms. The Labute approximate surface area is 55.8 Å². The van der Waals surface area contributed by atoms with Crippen molar-refractivity contribution >= 4 is 11.3 Å². The highest BCUT2D eigenvalue weighted by molar-refractivity contribution is 7.12. The van der Waals surface area contributed by atoms with Crippen molar-refractivity contribution in [3.8, 4) is 12.1 Å². The number of hydrogen-bond donors (Lipinski definition) is 0. The lowest BCUT2D eigenvalue weighted by Crippen LogP contribution is -1.61. The van der Waals surface area contributed by atoms with Crippen LogP contribution in [0.1, 0.15) is 9.88 Å². The van der Waals surface area contributed by atoms with Gasteiger partial charge >= 0.3 is 0 Å². The lowest BCUT2D eigenvalue weighted by Gasteiger charge is -1.64. The summed E-state index contributed by atoms with van der Waals surface area (Å²) in [6, 6.07) is 3.72. The molecule has 1 heterocycles. The van der Waals surface area contributed by atoms with Crippen LogP contribution in [-0.2, 0) is 0 Å². The smallest absolute Gasteiger partial charge is 0.195 e. The highest BCUT2D eigenvalue weighted by Gasteiger charge is 1.96. The predicted molar refractivity (Wildman–Crippen MR) is 31.5 cm³/mol.